The van der Waals surface area contributed by atoms with Crippen LogP contribution in [0.5, 0.6) is 5.75 Å². The summed E-state index contributed by atoms with van der Waals surface area (Å²) in [5, 5.41) is 5.12. The molecule has 1 N–H and O–H groups in total. The van der Waals surface area contributed by atoms with E-state index in [9.17, 15) is 4.79 Å². The van der Waals surface area contributed by atoms with E-state index in [1.807, 2.05) is 6.07 Å². The Morgan fingerprint density at radius 2 is 2.12 bits per heavy atom. The molecule has 1 aliphatic rings. The Labute approximate surface area is 155 Å². The van der Waals surface area contributed by atoms with Gasteiger partial charge in [0.2, 0.25) is 0 Å². The zero-order valence-corrected chi connectivity index (χ0v) is 15.4. The number of fused-ring (bicyclic) bond motifs is 1. The van der Waals surface area contributed by atoms with Crippen molar-refractivity contribution in [3.63, 3.8) is 0 Å². The predicted molar refractivity (Wildman–Crippen MR) is 97.4 cm³/mol. The molecule has 3 rings (SSSR count). The van der Waals surface area contributed by atoms with E-state index >= 15 is 0 Å². The zero-order valence-electron chi connectivity index (χ0n) is 13.9. The highest BCUT2D eigenvalue weighted by molar-refractivity contribution is 6.35. The van der Waals surface area contributed by atoms with Gasteiger partial charge in [-0.05, 0) is 36.1 Å². The molecule has 7 heteroatoms. The maximum absolute atomic E-state index is 12.0. The van der Waals surface area contributed by atoms with E-state index in [1.54, 1.807) is 24.5 Å². The van der Waals surface area contributed by atoms with Crippen LogP contribution in [0.15, 0.2) is 40.0 Å². The summed E-state index contributed by atoms with van der Waals surface area (Å²) >= 11 is 11.8. The van der Waals surface area contributed by atoms with E-state index < -0.39 is 0 Å². The number of halogens is 2. The summed E-state index contributed by atoms with van der Waals surface area (Å²) in [6.07, 6.45) is 3.25. The van der Waals surface area contributed by atoms with E-state index in [4.69, 9.17) is 32.4 Å². The first-order chi connectivity index (χ1) is 11.8. The zero-order chi connectivity index (χ0) is 18.0. The van der Waals surface area contributed by atoms with Crippen molar-refractivity contribution in [2.75, 3.05) is 6.61 Å². The Morgan fingerprint density at radius 3 is 2.88 bits per heavy atom. The average Bonchev–Trinajstić information content (AvgIpc) is 2.98. The number of hydrogen-bond acceptors (Lipinski definition) is 4. The third kappa shape index (κ3) is 4.35. The fraction of sp³-hybridized carbons (Fsp3) is 0.333. The molecule has 0 spiro atoms. The molecule has 2 aromatic rings. The quantitative estimate of drug-likeness (QED) is 0.796. The number of benzene rings is 1. The maximum atomic E-state index is 12.0. The molecule has 1 heterocycles. The molecule has 0 atom stereocenters. The first kappa shape index (κ1) is 17.8. The van der Waals surface area contributed by atoms with E-state index in [2.05, 4.69) is 24.4 Å². The number of amides is 1. The molecule has 0 saturated carbocycles. The molecular formula is C18H18Cl2N2O3. The lowest BCUT2D eigenvalue weighted by molar-refractivity contribution is -0.123. The molecule has 25 heavy (non-hydrogen) atoms. The highest BCUT2D eigenvalue weighted by Crippen LogP contribution is 2.35. The Bertz CT molecular complexity index is 827. The van der Waals surface area contributed by atoms with E-state index in [-0.39, 0.29) is 17.9 Å². The van der Waals surface area contributed by atoms with Gasteiger partial charge in [0.25, 0.3) is 5.91 Å². The minimum Gasteiger partial charge on any atom is -0.482 e. The standard InChI is InChI=1S/C18H18Cl2N2O3/c1-18(2)8-14(12-5-6-24-16(12)9-18)21-22-17(23)10-25-15-4-3-11(19)7-13(15)20/h3-7H,8-10H2,1-2H3,(H,22,23)/b21-14+. The number of nitrogens with zero attached hydrogens (tertiary/aromatic N) is 1. The number of rotatable bonds is 4. The van der Waals surface area contributed by atoms with Crippen LogP contribution in [0.2, 0.25) is 10.0 Å². The lowest BCUT2D eigenvalue weighted by Crippen LogP contribution is -2.30. The second-order valence-corrected chi connectivity index (χ2v) is 7.58. The molecule has 1 amide bonds. The molecular weight excluding hydrogens is 363 g/mol. The summed E-state index contributed by atoms with van der Waals surface area (Å²) in [5.41, 5.74) is 4.31. The van der Waals surface area contributed by atoms with Crippen LogP contribution in [-0.4, -0.2) is 18.2 Å². The van der Waals surface area contributed by atoms with Crippen LogP contribution in [0.25, 0.3) is 0 Å². The number of carbonyl (C=O) groups excluding carboxylic acids is 1. The van der Waals surface area contributed by atoms with Gasteiger partial charge in [0, 0.05) is 17.0 Å². The van der Waals surface area contributed by atoms with Gasteiger partial charge in [0.15, 0.2) is 6.61 Å². The second kappa shape index (κ2) is 7.10. The minimum absolute atomic E-state index is 0.0295. The minimum atomic E-state index is -0.369. The number of nitrogens with one attached hydrogen (secondary N) is 1. The van der Waals surface area contributed by atoms with Gasteiger partial charge in [-0.1, -0.05) is 37.0 Å². The fourth-order valence-corrected chi connectivity index (χ4v) is 3.24. The topological polar surface area (TPSA) is 63.8 Å². The molecule has 0 bridgehead atoms. The van der Waals surface area contributed by atoms with Crippen molar-refractivity contribution in [1.82, 2.24) is 5.43 Å². The van der Waals surface area contributed by atoms with Crippen LogP contribution in [0.3, 0.4) is 0 Å². The van der Waals surface area contributed by atoms with Crippen LogP contribution < -0.4 is 10.2 Å². The molecule has 0 unspecified atom stereocenters. The van der Waals surface area contributed by atoms with E-state index in [0.717, 1.165) is 29.9 Å². The molecule has 1 aromatic heterocycles. The normalized spacial score (nSPS) is 17.2. The smallest absolute Gasteiger partial charge is 0.277 e. The first-order valence-corrected chi connectivity index (χ1v) is 8.60. The highest BCUT2D eigenvalue weighted by atomic mass is 35.5. The molecule has 0 fully saturated rings. The first-order valence-electron chi connectivity index (χ1n) is 7.84. The van der Waals surface area contributed by atoms with Crippen LogP contribution in [0, 0.1) is 5.41 Å². The van der Waals surface area contributed by atoms with Gasteiger partial charge in [0.1, 0.15) is 11.5 Å². The monoisotopic (exact) mass is 380 g/mol. The molecule has 132 valence electrons. The summed E-state index contributed by atoms with van der Waals surface area (Å²) in [6, 6.07) is 6.69. The second-order valence-electron chi connectivity index (χ2n) is 6.73. The molecule has 5 nitrogen and oxygen atoms in total. The van der Waals surface area contributed by atoms with Gasteiger partial charge < -0.3 is 9.15 Å². The van der Waals surface area contributed by atoms with Crippen molar-refractivity contribution in [3.8, 4) is 5.75 Å². The van der Waals surface area contributed by atoms with E-state index in [0.29, 0.717) is 15.8 Å². The molecule has 0 radical (unpaired) electrons. The average molecular weight is 381 g/mol. The van der Waals surface area contributed by atoms with Crippen molar-refractivity contribution in [3.05, 3.63) is 51.9 Å². The summed E-state index contributed by atoms with van der Waals surface area (Å²) in [4.78, 5) is 12.0. The molecule has 1 aliphatic carbocycles. The van der Waals surface area contributed by atoms with Gasteiger partial charge >= 0.3 is 0 Å². The van der Waals surface area contributed by atoms with Crippen molar-refractivity contribution in [2.45, 2.75) is 26.7 Å². The van der Waals surface area contributed by atoms with Crippen molar-refractivity contribution < 1.29 is 13.9 Å². The fourth-order valence-electron chi connectivity index (χ4n) is 2.78. The Kier molecular flexibility index (Phi) is 5.06. The Hall–Kier alpha value is -1.98. The number of hydrogen-bond donors (Lipinski definition) is 1. The molecule has 0 aliphatic heterocycles. The predicted octanol–water partition coefficient (Wildman–Crippen LogP) is 4.46. The summed E-state index contributed by atoms with van der Waals surface area (Å²) < 4.78 is 10.9. The maximum Gasteiger partial charge on any atom is 0.277 e. The van der Waals surface area contributed by atoms with Crippen LogP contribution in [-0.2, 0) is 11.2 Å². The lowest BCUT2D eigenvalue weighted by Gasteiger charge is -2.29. The van der Waals surface area contributed by atoms with Gasteiger partial charge in [-0.15, -0.1) is 0 Å². The number of furan rings is 1. The number of hydrazone groups is 1. The van der Waals surface area contributed by atoms with Gasteiger partial charge in [-0.2, -0.15) is 5.10 Å². The third-order valence-electron chi connectivity index (χ3n) is 3.91. The Balaban J connectivity index is 1.63. The van der Waals surface area contributed by atoms with Crippen molar-refractivity contribution in [2.24, 2.45) is 10.5 Å². The number of carbonyl (C=O) groups is 1. The van der Waals surface area contributed by atoms with Crippen LogP contribution >= 0.6 is 23.2 Å². The van der Waals surface area contributed by atoms with Crippen molar-refractivity contribution >= 4 is 34.8 Å². The van der Waals surface area contributed by atoms with Gasteiger partial charge in [0.05, 0.1) is 17.0 Å². The third-order valence-corrected chi connectivity index (χ3v) is 4.44. The Morgan fingerprint density at radius 1 is 1.32 bits per heavy atom. The summed E-state index contributed by atoms with van der Waals surface area (Å²) in [5.74, 6) is 0.921. The summed E-state index contributed by atoms with van der Waals surface area (Å²) in [6.45, 7) is 4.09. The highest BCUT2D eigenvalue weighted by Gasteiger charge is 2.31. The van der Waals surface area contributed by atoms with Gasteiger partial charge in [-0.3, -0.25) is 4.79 Å². The van der Waals surface area contributed by atoms with Crippen LogP contribution in [0.1, 0.15) is 31.6 Å². The number of ether oxygens (including phenoxy) is 1. The lowest BCUT2D eigenvalue weighted by atomic mass is 9.76. The molecule has 0 saturated heterocycles. The molecule has 1 aromatic carbocycles. The SMILES string of the molecule is CC1(C)C/C(=N\NC(=O)COc2ccc(Cl)cc2Cl)c2ccoc2C1. The summed E-state index contributed by atoms with van der Waals surface area (Å²) in [7, 11) is 0. The van der Waals surface area contributed by atoms with E-state index in [1.165, 1.54) is 0 Å². The van der Waals surface area contributed by atoms with Gasteiger partial charge in [-0.25, -0.2) is 5.43 Å². The van der Waals surface area contributed by atoms with Crippen molar-refractivity contribution in [1.29, 1.82) is 0 Å². The largest absolute Gasteiger partial charge is 0.482 e. The van der Waals surface area contributed by atoms with Crippen LogP contribution in [0.4, 0.5) is 0 Å².